The molecule has 0 aliphatic carbocycles. The van der Waals surface area contributed by atoms with Gasteiger partial charge in [-0.15, -0.1) is 0 Å². The number of hydrogen-bond acceptors (Lipinski definition) is 3. The van der Waals surface area contributed by atoms with Crippen molar-refractivity contribution in [2.24, 2.45) is 0 Å². The summed E-state index contributed by atoms with van der Waals surface area (Å²) in [6.07, 6.45) is 5.28. The van der Waals surface area contributed by atoms with E-state index in [9.17, 15) is 4.79 Å². The largest absolute Gasteiger partial charge is 0.309 e. The minimum absolute atomic E-state index is 0.0843. The summed E-state index contributed by atoms with van der Waals surface area (Å²) < 4.78 is 0. The molecule has 0 aliphatic heterocycles. The lowest BCUT2D eigenvalue weighted by Crippen LogP contribution is -2.14. The topological polar surface area (TPSA) is 73.2 Å². The smallest absolute Gasteiger partial charge is 0.267 e. The lowest BCUT2D eigenvalue weighted by Gasteiger charge is -2.17. The molecule has 0 saturated heterocycles. The fraction of sp³-hybridized carbons (Fsp3) is 0.238. The van der Waals surface area contributed by atoms with Gasteiger partial charge in [-0.1, -0.05) is 54.9 Å². The van der Waals surface area contributed by atoms with Gasteiger partial charge in [0.05, 0.1) is 0 Å². The van der Waals surface area contributed by atoms with Crippen molar-refractivity contribution in [3.05, 3.63) is 76.3 Å². The van der Waals surface area contributed by atoms with Crippen LogP contribution in [0, 0.1) is 5.41 Å². The molecule has 0 saturated carbocycles. The second kappa shape index (κ2) is 9.90. The Morgan fingerprint density at radius 3 is 2.42 bits per heavy atom. The molecular formula is C21H23ClN2O2. The Hall–Kier alpha value is -2.43. The van der Waals surface area contributed by atoms with Crippen LogP contribution in [0.1, 0.15) is 42.4 Å². The van der Waals surface area contributed by atoms with Crippen molar-refractivity contribution in [3.8, 4) is 0 Å². The standard InChI is InChI=1S/C21H23ClN2O2/c1-2-19(20(23)13-7-16-5-11-18(22)12-6-16)17-9-3-15(4-10-17)8-14-21(25)24-26/h3-6,8-12,14,19,23,26H,2,7,13H2,1H3,(H,24,25)/b14-8+,23-20?/t19-/m0/s1. The minimum atomic E-state index is -0.565. The number of aryl methyl sites for hydroxylation is 1. The van der Waals surface area contributed by atoms with Crippen LogP contribution in [0.25, 0.3) is 6.08 Å². The van der Waals surface area contributed by atoms with Crippen LogP contribution in [0.15, 0.2) is 54.6 Å². The zero-order valence-electron chi connectivity index (χ0n) is 14.7. The number of hydrogen-bond donors (Lipinski definition) is 3. The zero-order chi connectivity index (χ0) is 18.9. The van der Waals surface area contributed by atoms with E-state index in [1.54, 1.807) is 11.6 Å². The van der Waals surface area contributed by atoms with Gasteiger partial charge in [0.25, 0.3) is 5.91 Å². The summed E-state index contributed by atoms with van der Waals surface area (Å²) in [5, 5.41) is 17.7. The molecule has 5 heteroatoms. The van der Waals surface area contributed by atoms with Gasteiger partial charge in [0.15, 0.2) is 0 Å². The molecule has 0 radical (unpaired) electrons. The summed E-state index contributed by atoms with van der Waals surface area (Å²) in [5.41, 5.74) is 5.40. The van der Waals surface area contributed by atoms with Crippen molar-refractivity contribution in [2.75, 3.05) is 0 Å². The first-order valence-electron chi connectivity index (χ1n) is 8.57. The van der Waals surface area contributed by atoms with Crippen LogP contribution >= 0.6 is 11.6 Å². The van der Waals surface area contributed by atoms with Crippen molar-refractivity contribution >= 4 is 29.3 Å². The van der Waals surface area contributed by atoms with E-state index in [-0.39, 0.29) is 5.92 Å². The van der Waals surface area contributed by atoms with E-state index < -0.39 is 5.91 Å². The van der Waals surface area contributed by atoms with Gasteiger partial charge in [0, 0.05) is 22.7 Å². The third kappa shape index (κ3) is 5.83. The molecule has 1 amide bonds. The average molecular weight is 371 g/mol. The van der Waals surface area contributed by atoms with E-state index in [0.717, 1.165) is 29.0 Å². The lowest BCUT2D eigenvalue weighted by atomic mass is 9.88. The number of nitrogens with one attached hydrogen (secondary N) is 2. The predicted molar refractivity (Wildman–Crippen MR) is 106 cm³/mol. The molecule has 0 aliphatic rings. The van der Waals surface area contributed by atoms with E-state index in [1.807, 2.05) is 48.5 Å². The number of carbonyl (C=O) groups excluding carboxylic acids is 1. The first-order chi connectivity index (χ1) is 12.5. The van der Waals surface area contributed by atoms with Gasteiger partial charge in [0.1, 0.15) is 0 Å². The Bertz CT molecular complexity index is 768. The number of rotatable bonds is 8. The third-order valence-corrected chi connectivity index (χ3v) is 4.55. The van der Waals surface area contributed by atoms with Crippen molar-refractivity contribution in [1.29, 1.82) is 5.41 Å². The molecule has 2 aromatic rings. The number of amides is 1. The molecule has 0 bridgehead atoms. The van der Waals surface area contributed by atoms with Crippen LogP contribution < -0.4 is 5.48 Å². The highest BCUT2D eigenvalue weighted by Gasteiger charge is 2.15. The summed E-state index contributed by atoms with van der Waals surface area (Å²) in [4.78, 5) is 11.0. The van der Waals surface area contributed by atoms with Crippen LogP contribution in [0.5, 0.6) is 0 Å². The second-order valence-electron chi connectivity index (χ2n) is 6.09. The van der Waals surface area contributed by atoms with Crippen molar-refractivity contribution in [3.63, 3.8) is 0 Å². The highest BCUT2D eigenvalue weighted by atomic mass is 35.5. The Kier molecular flexibility index (Phi) is 7.57. The van der Waals surface area contributed by atoms with Crippen molar-refractivity contribution < 1.29 is 10.0 Å². The minimum Gasteiger partial charge on any atom is -0.309 e. The fourth-order valence-corrected chi connectivity index (χ4v) is 2.96. The Morgan fingerprint density at radius 2 is 1.85 bits per heavy atom. The van der Waals surface area contributed by atoms with E-state index in [2.05, 4.69) is 6.92 Å². The molecule has 0 spiro atoms. The molecule has 2 rings (SSSR count). The second-order valence-corrected chi connectivity index (χ2v) is 6.53. The maximum Gasteiger partial charge on any atom is 0.267 e. The van der Waals surface area contributed by atoms with Crippen molar-refractivity contribution in [1.82, 2.24) is 5.48 Å². The molecule has 2 aromatic carbocycles. The zero-order valence-corrected chi connectivity index (χ0v) is 15.5. The van der Waals surface area contributed by atoms with Gasteiger partial charge in [-0.2, -0.15) is 0 Å². The Labute approximate surface area is 159 Å². The van der Waals surface area contributed by atoms with Gasteiger partial charge in [0.2, 0.25) is 0 Å². The number of halogens is 1. The Morgan fingerprint density at radius 1 is 1.19 bits per heavy atom. The number of hydroxylamine groups is 1. The van der Waals surface area contributed by atoms with Gasteiger partial charge in [-0.25, -0.2) is 5.48 Å². The molecule has 3 N–H and O–H groups in total. The molecule has 0 heterocycles. The first-order valence-corrected chi connectivity index (χ1v) is 8.95. The molecule has 0 fully saturated rings. The Balaban J connectivity index is 2.00. The van der Waals surface area contributed by atoms with Crippen molar-refractivity contribution in [2.45, 2.75) is 32.1 Å². The van der Waals surface area contributed by atoms with Gasteiger partial charge in [-0.05, 0) is 54.2 Å². The van der Waals surface area contributed by atoms with Crippen LogP contribution in [-0.4, -0.2) is 16.8 Å². The van der Waals surface area contributed by atoms with Gasteiger partial charge in [-0.3, -0.25) is 10.0 Å². The fourth-order valence-electron chi connectivity index (χ4n) is 2.84. The predicted octanol–water partition coefficient (Wildman–Crippen LogP) is 5.00. The lowest BCUT2D eigenvalue weighted by molar-refractivity contribution is -0.124. The maximum absolute atomic E-state index is 11.0. The highest BCUT2D eigenvalue weighted by Crippen LogP contribution is 2.24. The van der Waals surface area contributed by atoms with Crippen LogP contribution in [0.3, 0.4) is 0 Å². The number of carbonyl (C=O) groups is 1. The first kappa shape index (κ1) is 19.9. The maximum atomic E-state index is 11.0. The van der Waals surface area contributed by atoms with Gasteiger partial charge >= 0.3 is 0 Å². The summed E-state index contributed by atoms with van der Waals surface area (Å²) in [5.74, 6) is -0.481. The normalized spacial score (nSPS) is 12.1. The molecule has 26 heavy (non-hydrogen) atoms. The number of benzene rings is 2. The van der Waals surface area contributed by atoms with E-state index >= 15 is 0 Å². The molecule has 0 unspecified atom stereocenters. The monoisotopic (exact) mass is 370 g/mol. The van der Waals surface area contributed by atoms with E-state index in [1.165, 1.54) is 11.6 Å². The highest BCUT2D eigenvalue weighted by molar-refractivity contribution is 6.30. The molecule has 136 valence electrons. The SMILES string of the molecule is CC[C@H](C(=N)CCc1ccc(Cl)cc1)c1ccc(/C=C/C(=O)NO)cc1. The van der Waals surface area contributed by atoms with Gasteiger partial charge < -0.3 is 5.41 Å². The summed E-state index contributed by atoms with van der Waals surface area (Å²) in [6.45, 7) is 2.08. The molecule has 1 atom stereocenters. The van der Waals surface area contributed by atoms with E-state index in [0.29, 0.717) is 12.1 Å². The molecule has 0 aromatic heterocycles. The molecular weight excluding hydrogens is 348 g/mol. The summed E-state index contributed by atoms with van der Waals surface area (Å²) in [6, 6.07) is 15.5. The quantitative estimate of drug-likeness (QED) is 0.264. The summed E-state index contributed by atoms with van der Waals surface area (Å²) in [7, 11) is 0. The van der Waals surface area contributed by atoms with Crippen LogP contribution in [0.4, 0.5) is 0 Å². The van der Waals surface area contributed by atoms with Crippen LogP contribution in [-0.2, 0) is 11.2 Å². The van der Waals surface area contributed by atoms with E-state index in [4.69, 9.17) is 22.2 Å². The van der Waals surface area contributed by atoms with Crippen LogP contribution in [0.2, 0.25) is 5.02 Å². The third-order valence-electron chi connectivity index (χ3n) is 4.30. The average Bonchev–Trinajstić information content (AvgIpc) is 2.67. The summed E-state index contributed by atoms with van der Waals surface area (Å²) >= 11 is 5.91. The molecule has 4 nitrogen and oxygen atoms in total.